The number of benzene rings is 1. The van der Waals surface area contributed by atoms with Gasteiger partial charge in [0.1, 0.15) is 5.76 Å². The second kappa shape index (κ2) is 7.55. The van der Waals surface area contributed by atoms with Crippen molar-refractivity contribution in [3.05, 3.63) is 46.9 Å². The monoisotopic (exact) mass is 340 g/mol. The van der Waals surface area contributed by atoms with E-state index < -0.39 is 6.03 Å². The van der Waals surface area contributed by atoms with Gasteiger partial charge in [-0.25, -0.2) is 21.5 Å². The maximum absolute atomic E-state index is 11.7. The normalized spacial score (nSPS) is 10.5. The number of amides is 2. The summed E-state index contributed by atoms with van der Waals surface area (Å²) in [7, 11) is 0. The van der Waals surface area contributed by atoms with Crippen molar-refractivity contribution >= 4 is 35.1 Å². The number of carbonyl (C=O) groups is 1. The molecule has 118 valence electrons. The molecule has 0 aliphatic rings. The summed E-state index contributed by atoms with van der Waals surface area (Å²) in [5.74, 6) is 12.3. The number of hydrogen-bond acceptors (Lipinski definition) is 5. The highest BCUT2D eigenvalue weighted by atomic mass is 35.5. The van der Waals surface area contributed by atoms with Crippen molar-refractivity contribution < 1.29 is 9.21 Å². The molecular weight excluding hydrogens is 324 g/mol. The summed E-state index contributed by atoms with van der Waals surface area (Å²) in [6.07, 6.45) is 0.813. The van der Waals surface area contributed by atoms with E-state index in [4.69, 9.17) is 27.7 Å². The number of carbonyl (C=O) groups excluding carboxylic acids is 1. The Hall–Kier alpha value is -1.67. The van der Waals surface area contributed by atoms with Gasteiger partial charge in [0.15, 0.2) is 5.22 Å². The summed E-state index contributed by atoms with van der Waals surface area (Å²) in [6, 6.07) is 8.54. The number of nitrogens with two attached hydrogens (primary N) is 2. The Bertz CT molecular complexity index is 662. The highest BCUT2D eigenvalue weighted by Gasteiger charge is 2.17. The summed E-state index contributed by atoms with van der Waals surface area (Å²) >= 11 is 7.30. The molecule has 0 radical (unpaired) electrons. The summed E-state index contributed by atoms with van der Waals surface area (Å²) in [5.41, 5.74) is 3.69. The Labute approximate surface area is 137 Å². The molecule has 2 aromatic rings. The quantitative estimate of drug-likeness (QED) is 0.336. The highest BCUT2D eigenvalue weighted by molar-refractivity contribution is 7.98. The predicted molar refractivity (Wildman–Crippen MR) is 88.5 cm³/mol. The van der Waals surface area contributed by atoms with Gasteiger partial charge in [0.2, 0.25) is 0 Å². The van der Waals surface area contributed by atoms with Gasteiger partial charge in [-0.1, -0.05) is 19.1 Å². The molecule has 2 rings (SSSR count). The van der Waals surface area contributed by atoms with Crippen LogP contribution in [0.25, 0.3) is 0 Å². The third-order valence-corrected chi connectivity index (χ3v) is 4.44. The van der Waals surface area contributed by atoms with Crippen molar-refractivity contribution in [3.63, 3.8) is 0 Å². The second-order valence-electron chi connectivity index (χ2n) is 4.43. The Morgan fingerprint density at radius 1 is 1.41 bits per heavy atom. The van der Waals surface area contributed by atoms with Crippen LogP contribution in [0, 0.1) is 0 Å². The summed E-state index contributed by atoms with van der Waals surface area (Å²) < 4.78 is 5.35. The number of halogens is 1. The zero-order valence-electron chi connectivity index (χ0n) is 12.0. The molecule has 6 nitrogen and oxygen atoms in total. The highest BCUT2D eigenvalue weighted by Crippen LogP contribution is 2.35. The fraction of sp³-hybridized carbons (Fsp3) is 0.214. The van der Waals surface area contributed by atoms with Crippen LogP contribution in [0.5, 0.6) is 0 Å². The third kappa shape index (κ3) is 3.75. The van der Waals surface area contributed by atoms with Gasteiger partial charge in [-0.05, 0) is 41.8 Å². The van der Waals surface area contributed by atoms with Gasteiger partial charge >= 0.3 is 6.03 Å². The van der Waals surface area contributed by atoms with Crippen molar-refractivity contribution in [3.8, 4) is 0 Å². The molecule has 22 heavy (non-hydrogen) atoms. The Morgan fingerprint density at radius 3 is 2.77 bits per heavy atom. The molecule has 0 saturated heterocycles. The number of hydrazine groups is 2. The lowest BCUT2D eigenvalue weighted by molar-refractivity contribution is 0.246. The summed E-state index contributed by atoms with van der Waals surface area (Å²) in [6.45, 7) is 2.04. The number of rotatable bonds is 5. The third-order valence-electron chi connectivity index (χ3n) is 3.05. The standard InChI is InChI=1S/C14H17ClN4O2S/c1-2-9-4-3-5-11(19(17)14(20)18-16)13(9)22-8-10-6-7-12(15)21-10/h3-7H,2,8,16-17H2,1H3,(H,18,20). The van der Waals surface area contributed by atoms with Crippen molar-refractivity contribution in [2.75, 3.05) is 5.01 Å². The van der Waals surface area contributed by atoms with Crippen LogP contribution in [0.3, 0.4) is 0 Å². The molecule has 1 heterocycles. The van der Waals surface area contributed by atoms with Gasteiger partial charge in [-0.3, -0.25) is 5.43 Å². The largest absolute Gasteiger partial charge is 0.449 e. The van der Waals surface area contributed by atoms with E-state index in [0.29, 0.717) is 16.7 Å². The number of aryl methyl sites for hydroxylation is 1. The number of thioether (sulfide) groups is 1. The fourth-order valence-electron chi connectivity index (χ4n) is 1.96. The molecule has 0 atom stereocenters. The van der Waals surface area contributed by atoms with E-state index in [1.54, 1.807) is 12.1 Å². The molecular formula is C14H17ClN4O2S. The fourth-order valence-corrected chi connectivity index (χ4v) is 3.27. The average Bonchev–Trinajstić information content (AvgIpc) is 2.96. The molecule has 0 spiro atoms. The van der Waals surface area contributed by atoms with Crippen LogP contribution in [0.15, 0.2) is 39.6 Å². The Morgan fingerprint density at radius 2 is 2.18 bits per heavy atom. The van der Waals surface area contributed by atoms with Gasteiger partial charge < -0.3 is 4.42 Å². The smallest absolute Gasteiger partial charge is 0.350 e. The maximum atomic E-state index is 11.7. The topological polar surface area (TPSA) is 97.5 Å². The molecule has 0 aliphatic carbocycles. The first-order valence-corrected chi connectivity index (χ1v) is 7.97. The van der Waals surface area contributed by atoms with Crippen molar-refractivity contribution in [2.45, 2.75) is 24.0 Å². The van der Waals surface area contributed by atoms with Crippen molar-refractivity contribution in [2.24, 2.45) is 11.7 Å². The number of urea groups is 1. The lowest BCUT2D eigenvalue weighted by Gasteiger charge is -2.20. The molecule has 5 N–H and O–H groups in total. The van der Waals surface area contributed by atoms with E-state index in [1.807, 2.05) is 30.5 Å². The van der Waals surface area contributed by atoms with Crippen LogP contribution in [-0.4, -0.2) is 6.03 Å². The molecule has 0 bridgehead atoms. The summed E-state index contributed by atoms with van der Waals surface area (Å²) in [4.78, 5) is 12.6. The molecule has 0 fully saturated rings. The van der Waals surface area contributed by atoms with E-state index in [2.05, 4.69) is 0 Å². The van der Waals surface area contributed by atoms with Crippen molar-refractivity contribution in [1.29, 1.82) is 0 Å². The van der Waals surface area contributed by atoms with Crippen LogP contribution in [0.4, 0.5) is 10.5 Å². The first kappa shape index (κ1) is 16.7. The number of furan rings is 1. The molecule has 0 aliphatic heterocycles. The Balaban J connectivity index is 2.28. The van der Waals surface area contributed by atoms with Crippen LogP contribution in [-0.2, 0) is 12.2 Å². The SMILES string of the molecule is CCc1cccc(N(N)C(=O)NN)c1SCc1ccc(Cl)o1. The lowest BCUT2D eigenvalue weighted by atomic mass is 10.1. The number of hydrogen-bond donors (Lipinski definition) is 3. The van der Waals surface area contributed by atoms with E-state index in [1.165, 1.54) is 11.8 Å². The zero-order valence-corrected chi connectivity index (χ0v) is 13.6. The van der Waals surface area contributed by atoms with Gasteiger partial charge in [0, 0.05) is 4.90 Å². The minimum atomic E-state index is -0.587. The van der Waals surface area contributed by atoms with Crippen LogP contribution in [0.1, 0.15) is 18.2 Å². The maximum Gasteiger partial charge on any atom is 0.350 e. The summed E-state index contributed by atoms with van der Waals surface area (Å²) in [5, 5.41) is 1.35. The van der Waals surface area contributed by atoms with E-state index in [9.17, 15) is 4.79 Å². The Kier molecular flexibility index (Phi) is 5.73. The van der Waals surface area contributed by atoms with Gasteiger partial charge in [0.05, 0.1) is 11.4 Å². The predicted octanol–water partition coefficient (Wildman–Crippen LogP) is 3.05. The van der Waals surface area contributed by atoms with Crippen LogP contribution in [0.2, 0.25) is 5.22 Å². The number of nitrogens with one attached hydrogen (secondary N) is 1. The average molecular weight is 341 g/mol. The number of anilines is 1. The molecule has 1 aromatic heterocycles. The van der Waals surface area contributed by atoms with Crippen LogP contribution >= 0.6 is 23.4 Å². The van der Waals surface area contributed by atoms with Crippen molar-refractivity contribution in [1.82, 2.24) is 5.43 Å². The van der Waals surface area contributed by atoms with E-state index >= 15 is 0 Å². The van der Waals surface area contributed by atoms with Gasteiger partial charge in [-0.15, -0.1) is 11.8 Å². The minimum Gasteiger partial charge on any atom is -0.449 e. The molecule has 8 heteroatoms. The second-order valence-corrected chi connectivity index (χ2v) is 5.79. The molecule has 0 unspecified atom stereocenters. The van der Waals surface area contributed by atoms with E-state index in [0.717, 1.165) is 27.6 Å². The molecule has 2 amide bonds. The molecule has 0 saturated carbocycles. The first-order valence-electron chi connectivity index (χ1n) is 6.61. The van der Waals surface area contributed by atoms with Gasteiger partial charge in [-0.2, -0.15) is 0 Å². The van der Waals surface area contributed by atoms with Gasteiger partial charge in [0.25, 0.3) is 0 Å². The minimum absolute atomic E-state index is 0.350. The van der Waals surface area contributed by atoms with E-state index in [-0.39, 0.29) is 0 Å². The molecule has 1 aromatic carbocycles. The first-order chi connectivity index (χ1) is 10.6. The number of nitrogens with zero attached hydrogens (tertiary/aromatic N) is 1. The zero-order chi connectivity index (χ0) is 16.1. The lowest BCUT2D eigenvalue weighted by Crippen LogP contribution is -2.47. The van der Waals surface area contributed by atoms with Crippen LogP contribution < -0.4 is 22.1 Å².